The van der Waals surface area contributed by atoms with Gasteiger partial charge in [-0.1, -0.05) is 12.1 Å². The van der Waals surface area contributed by atoms with E-state index in [2.05, 4.69) is 10.2 Å². The van der Waals surface area contributed by atoms with Crippen molar-refractivity contribution in [2.75, 3.05) is 18.4 Å². The largest absolute Gasteiger partial charge is 0.481 e. The first kappa shape index (κ1) is 14.5. The number of benzene rings is 1. The van der Waals surface area contributed by atoms with Gasteiger partial charge in [0.15, 0.2) is 0 Å². The number of hydrogen-bond donors (Lipinski definition) is 2. The molecule has 5 heteroatoms. The molecular weight excluding hydrogens is 256 g/mol. The molecule has 1 fully saturated rings. The van der Waals surface area contributed by atoms with Gasteiger partial charge in [0.2, 0.25) is 5.91 Å². The van der Waals surface area contributed by atoms with Gasteiger partial charge < -0.3 is 10.4 Å². The number of rotatable bonds is 4. The lowest BCUT2D eigenvalue weighted by molar-refractivity contribution is -0.143. The summed E-state index contributed by atoms with van der Waals surface area (Å²) in [6.45, 7) is 3.96. The molecule has 0 bridgehead atoms. The minimum absolute atomic E-state index is 0.0755. The standard InChI is InChI=1S/C15H20N2O3/c1-11(18)16-14-4-2-12(3-5-14)10-17-8-6-13(7-9-17)15(19)20/h2-5,13H,6-10H2,1H3,(H,16,18)(H,19,20). The van der Waals surface area contributed by atoms with E-state index in [0.717, 1.165) is 38.2 Å². The number of piperidine rings is 1. The predicted molar refractivity (Wildman–Crippen MR) is 76.4 cm³/mol. The lowest BCUT2D eigenvalue weighted by Gasteiger charge is -2.30. The highest BCUT2D eigenvalue weighted by Crippen LogP contribution is 2.19. The Morgan fingerprint density at radius 2 is 1.85 bits per heavy atom. The molecule has 1 aromatic rings. The molecule has 1 aromatic carbocycles. The molecule has 0 saturated carbocycles. The molecule has 1 heterocycles. The van der Waals surface area contributed by atoms with Crippen LogP contribution in [-0.4, -0.2) is 35.0 Å². The molecule has 1 amide bonds. The van der Waals surface area contributed by atoms with Crippen LogP contribution in [0.25, 0.3) is 0 Å². The van der Waals surface area contributed by atoms with Crippen LogP contribution in [0.4, 0.5) is 5.69 Å². The Hall–Kier alpha value is -1.88. The smallest absolute Gasteiger partial charge is 0.306 e. The van der Waals surface area contributed by atoms with Crippen LogP contribution in [0.15, 0.2) is 24.3 Å². The van der Waals surface area contributed by atoms with Crippen molar-refractivity contribution >= 4 is 17.6 Å². The van der Waals surface area contributed by atoms with Crippen molar-refractivity contribution in [3.05, 3.63) is 29.8 Å². The van der Waals surface area contributed by atoms with Gasteiger partial charge in [0, 0.05) is 19.2 Å². The summed E-state index contributed by atoms with van der Waals surface area (Å²) in [5.74, 6) is -0.939. The maximum absolute atomic E-state index is 10.9. The third-order valence-electron chi connectivity index (χ3n) is 3.62. The van der Waals surface area contributed by atoms with Crippen molar-refractivity contribution in [3.63, 3.8) is 0 Å². The zero-order chi connectivity index (χ0) is 14.5. The Morgan fingerprint density at radius 1 is 1.25 bits per heavy atom. The van der Waals surface area contributed by atoms with Crippen molar-refractivity contribution in [1.29, 1.82) is 0 Å². The summed E-state index contributed by atoms with van der Waals surface area (Å²) in [6, 6.07) is 7.77. The van der Waals surface area contributed by atoms with Crippen molar-refractivity contribution in [2.24, 2.45) is 5.92 Å². The highest BCUT2D eigenvalue weighted by molar-refractivity contribution is 5.88. The minimum atomic E-state index is -0.677. The number of nitrogens with zero attached hydrogens (tertiary/aromatic N) is 1. The van der Waals surface area contributed by atoms with Crippen LogP contribution in [0.2, 0.25) is 0 Å². The van der Waals surface area contributed by atoms with E-state index in [-0.39, 0.29) is 11.8 Å². The fourth-order valence-corrected chi connectivity index (χ4v) is 2.49. The van der Waals surface area contributed by atoms with Crippen LogP contribution in [0, 0.1) is 5.92 Å². The first-order valence-corrected chi connectivity index (χ1v) is 6.86. The van der Waals surface area contributed by atoms with Gasteiger partial charge in [-0.3, -0.25) is 14.5 Å². The SMILES string of the molecule is CC(=O)Nc1ccc(CN2CCC(C(=O)O)CC2)cc1. The van der Waals surface area contributed by atoms with Crippen molar-refractivity contribution in [1.82, 2.24) is 4.90 Å². The third-order valence-corrected chi connectivity index (χ3v) is 3.62. The number of carboxylic acid groups (broad SMARTS) is 1. The first-order chi connectivity index (χ1) is 9.54. The molecule has 1 saturated heterocycles. The lowest BCUT2D eigenvalue weighted by atomic mass is 9.97. The second-order valence-corrected chi connectivity index (χ2v) is 5.27. The summed E-state index contributed by atoms with van der Waals surface area (Å²) < 4.78 is 0. The Kier molecular flexibility index (Phi) is 4.74. The van der Waals surface area contributed by atoms with Gasteiger partial charge in [0.25, 0.3) is 0 Å². The summed E-state index contributed by atoms with van der Waals surface area (Å²) >= 11 is 0. The molecule has 2 N–H and O–H groups in total. The molecule has 20 heavy (non-hydrogen) atoms. The highest BCUT2D eigenvalue weighted by Gasteiger charge is 2.24. The van der Waals surface area contributed by atoms with Crippen LogP contribution in [0.3, 0.4) is 0 Å². The number of carboxylic acids is 1. The third kappa shape index (κ3) is 4.06. The molecule has 0 aliphatic carbocycles. The van der Waals surface area contributed by atoms with Crippen molar-refractivity contribution in [3.8, 4) is 0 Å². The average molecular weight is 276 g/mol. The number of carbonyl (C=O) groups is 2. The van der Waals surface area contributed by atoms with Gasteiger partial charge in [-0.2, -0.15) is 0 Å². The molecule has 1 aliphatic heterocycles. The Balaban J connectivity index is 1.85. The molecule has 0 unspecified atom stereocenters. The van der Waals surface area contributed by atoms with E-state index in [1.54, 1.807) is 0 Å². The van der Waals surface area contributed by atoms with E-state index >= 15 is 0 Å². The molecule has 0 spiro atoms. The van der Waals surface area contributed by atoms with Gasteiger partial charge in [-0.05, 0) is 43.6 Å². The predicted octanol–water partition coefficient (Wildman–Crippen LogP) is 1.94. The van der Waals surface area contributed by atoms with E-state index in [0.29, 0.717) is 0 Å². The summed E-state index contributed by atoms with van der Waals surface area (Å²) in [6.07, 6.45) is 1.44. The number of likely N-dealkylation sites (tertiary alicyclic amines) is 1. The van der Waals surface area contributed by atoms with Crippen LogP contribution < -0.4 is 5.32 Å². The molecule has 1 aliphatic rings. The molecule has 0 atom stereocenters. The Bertz CT molecular complexity index is 476. The van der Waals surface area contributed by atoms with E-state index in [1.807, 2.05) is 24.3 Å². The number of anilines is 1. The summed E-state index contributed by atoms with van der Waals surface area (Å²) in [5.41, 5.74) is 1.97. The zero-order valence-corrected chi connectivity index (χ0v) is 11.6. The molecule has 2 rings (SSSR count). The molecule has 5 nitrogen and oxygen atoms in total. The van der Waals surface area contributed by atoms with Gasteiger partial charge in [-0.15, -0.1) is 0 Å². The molecule has 0 radical (unpaired) electrons. The van der Waals surface area contributed by atoms with E-state index in [1.165, 1.54) is 12.5 Å². The van der Waals surface area contributed by atoms with Crippen molar-refractivity contribution < 1.29 is 14.7 Å². The molecular formula is C15H20N2O3. The lowest BCUT2D eigenvalue weighted by Crippen LogP contribution is -2.35. The first-order valence-electron chi connectivity index (χ1n) is 6.86. The monoisotopic (exact) mass is 276 g/mol. The van der Waals surface area contributed by atoms with E-state index in [9.17, 15) is 9.59 Å². The Morgan fingerprint density at radius 3 is 2.35 bits per heavy atom. The fraction of sp³-hybridized carbons (Fsp3) is 0.467. The fourth-order valence-electron chi connectivity index (χ4n) is 2.49. The summed E-state index contributed by atoms with van der Waals surface area (Å²) in [7, 11) is 0. The number of nitrogens with one attached hydrogen (secondary N) is 1. The van der Waals surface area contributed by atoms with Crippen LogP contribution >= 0.6 is 0 Å². The number of hydrogen-bond acceptors (Lipinski definition) is 3. The van der Waals surface area contributed by atoms with Crippen LogP contribution in [-0.2, 0) is 16.1 Å². The molecule has 0 aromatic heterocycles. The maximum atomic E-state index is 10.9. The topological polar surface area (TPSA) is 69.6 Å². The second-order valence-electron chi connectivity index (χ2n) is 5.27. The van der Waals surface area contributed by atoms with E-state index in [4.69, 9.17) is 5.11 Å². The number of amides is 1. The molecule has 108 valence electrons. The minimum Gasteiger partial charge on any atom is -0.481 e. The Labute approximate surface area is 118 Å². The van der Waals surface area contributed by atoms with Gasteiger partial charge >= 0.3 is 5.97 Å². The summed E-state index contributed by atoms with van der Waals surface area (Å²) in [5, 5.41) is 11.7. The number of aliphatic carboxylic acids is 1. The maximum Gasteiger partial charge on any atom is 0.306 e. The van der Waals surface area contributed by atoms with Gasteiger partial charge in [-0.25, -0.2) is 0 Å². The quantitative estimate of drug-likeness (QED) is 0.881. The summed E-state index contributed by atoms with van der Waals surface area (Å²) in [4.78, 5) is 24.1. The van der Waals surface area contributed by atoms with Gasteiger partial charge in [0.05, 0.1) is 5.92 Å². The van der Waals surface area contributed by atoms with E-state index < -0.39 is 5.97 Å². The van der Waals surface area contributed by atoms with Gasteiger partial charge in [0.1, 0.15) is 0 Å². The number of carbonyl (C=O) groups excluding carboxylic acids is 1. The highest BCUT2D eigenvalue weighted by atomic mass is 16.4. The second kappa shape index (κ2) is 6.52. The average Bonchev–Trinajstić information content (AvgIpc) is 2.41. The van der Waals surface area contributed by atoms with Crippen LogP contribution in [0.1, 0.15) is 25.3 Å². The van der Waals surface area contributed by atoms with Crippen LogP contribution in [0.5, 0.6) is 0 Å². The normalized spacial score (nSPS) is 16.9. The zero-order valence-electron chi connectivity index (χ0n) is 11.6. The van der Waals surface area contributed by atoms with Crippen molar-refractivity contribution in [2.45, 2.75) is 26.3 Å².